The lowest BCUT2D eigenvalue weighted by atomic mass is 10.1. The molecule has 7 heteroatoms. The minimum Gasteiger partial charge on any atom is -0.302 e. The van der Waals surface area contributed by atoms with Gasteiger partial charge in [0.2, 0.25) is 5.91 Å². The molecule has 0 aliphatic carbocycles. The molecule has 0 bridgehead atoms. The van der Waals surface area contributed by atoms with Gasteiger partial charge in [0.15, 0.2) is 5.13 Å². The number of carbonyl (C=O) groups is 1. The number of anilines is 1. The fraction of sp³-hybridized carbons (Fsp3) is 0.435. The number of thiazole rings is 1. The standard InChI is InChI=1S/C23H29N5OS/c1-15(12-28-18(4)16(2)17(3)26-28)22(29)25-23-24-20-10-11-27(14-21(20)30-23)13-19-8-6-5-7-9-19/h5-9,15H,10-14H2,1-4H3,(H,24,25,29). The third kappa shape index (κ3) is 4.47. The summed E-state index contributed by atoms with van der Waals surface area (Å²) < 4.78 is 1.93. The van der Waals surface area contributed by atoms with Crippen molar-refractivity contribution in [2.24, 2.45) is 5.92 Å². The number of amides is 1. The first-order chi connectivity index (χ1) is 14.4. The third-order valence-electron chi connectivity index (χ3n) is 5.93. The monoisotopic (exact) mass is 423 g/mol. The highest BCUT2D eigenvalue weighted by atomic mass is 32.1. The number of hydrogen-bond donors (Lipinski definition) is 1. The van der Waals surface area contributed by atoms with Gasteiger partial charge >= 0.3 is 0 Å². The zero-order valence-electron chi connectivity index (χ0n) is 18.1. The van der Waals surface area contributed by atoms with Crippen LogP contribution < -0.4 is 5.32 Å². The normalized spacial score (nSPS) is 15.1. The number of aryl methyl sites for hydroxylation is 1. The van der Waals surface area contributed by atoms with Crippen molar-refractivity contribution < 1.29 is 4.79 Å². The van der Waals surface area contributed by atoms with E-state index < -0.39 is 0 Å². The molecule has 1 amide bonds. The second-order valence-electron chi connectivity index (χ2n) is 8.20. The predicted molar refractivity (Wildman–Crippen MR) is 121 cm³/mol. The van der Waals surface area contributed by atoms with Crippen molar-refractivity contribution in [2.75, 3.05) is 11.9 Å². The third-order valence-corrected chi connectivity index (χ3v) is 6.92. The van der Waals surface area contributed by atoms with Crippen molar-refractivity contribution in [1.29, 1.82) is 0 Å². The van der Waals surface area contributed by atoms with E-state index in [1.54, 1.807) is 11.3 Å². The molecule has 1 aromatic carbocycles. The number of aromatic nitrogens is 3. The highest BCUT2D eigenvalue weighted by Crippen LogP contribution is 2.29. The van der Waals surface area contributed by atoms with Crippen LogP contribution in [-0.4, -0.2) is 32.1 Å². The van der Waals surface area contributed by atoms with Gasteiger partial charge in [-0.3, -0.25) is 14.4 Å². The van der Waals surface area contributed by atoms with Gasteiger partial charge in [-0.05, 0) is 31.9 Å². The smallest absolute Gasteiger partial charge is 0.230 e. The van der Waals surface area contributed by atoms with Gasteiger partial charge in [0, 0.05) is 36.6 Å². The predicted octanol–water partition coefficient (Wildman–Crippen LogP) is 4.10. The molecule has 158 valence electrons. The molecule has 1 atom stereocenters. The van der Waals surface area contributed by atoms with E-state index in [1.165, 1.54) is 16.0 Å². The summed E-state index contributed by atoms with van der Waals surface area (Å²) in [7, 11) is 0. The molecule has 3 heterocycles. The van der Waals surface area contributed by atoms with Crippen molar-refractivity contribution in [2.45, 2.75) is 53.8 Å². The fourth-order valence-electron chi connectivity index (χ4n) is 3.81. The van der Waals surface area contributed by atoms with Crippen molar-refractivity contribution in [3.8, 4) is 0 Å². The molecule has 0 radical (unpaired) electrons. The van der Waals surface area contributed by atoms with Gasteiger partial charge in [0.05, 0.1) is 23.9 Å². The molecule has 1 unspecified atom stereocenters. The summed E-state index contributed by atoms with van der Waals surface area (Å²) in [5.41, 5.74) is 5.78. The van der Waals surface area contributed by atoms with E-state index in [-0.39, 0.29) is 11.8 Å². The molecule has 6 nitrogen and oxygen atoms in total. The Morgan fingerprint density at radius 1 is 1.23 bits per heavy atom. The summed E-state index contributed by atoms with van der Waals surface area (Å²) in [4.78, 5) is 21.1. The molecule has 2 aromatic heterocycles. The molecule has 0 fully saturated rings. The van der Waals surface area contributed by atoms with Crippen LogP contribution in [0.2, 0.25) is 0 Å². The zero-order valence-corrected chi connectivity index (χ0v) is 18.9. The Hall–Kier alpha value is -2.51. The minimum absolute atomic E-state index is 0.00700. The van der Waals surface area contributed by atoms with E-state index >= 15 is 0 Å². The number of fused-ring (bicyclic) bond motifs is 1. The Bertz CT molecular complexity index is 1040. The van der Waals surface area contributed by atoms with E-state index in [2.05, 4.69) is 53.4 Å². The number of nitrogens with zero attached hydrogens (tertiary/aromatic N) is 4. The maximum absolute atomic E-state index is 12.7. The SMILES string of the molecule is Cc1nn(CC(C)C(=O)Nc2nc3c(s2)CN(Cc2ccccc2)CC3)c(C)c1C. The Morgan fingerprint density at radius 2 is 2.00 bits per heavy atom. The van der Waals surface area contributed by atoms with E-state index in [1.807, 2.05) is 24.6 Å². The van der Waals surface area contributed by atoms with Gasteiger partial charge in [-0.1, -0.05) is 37.3 Å². The second kappa shape index (κ2) is 8.70. The summed E-state index contributed by atoms with van der Waals surface area (Å²) >= 11 is 1.60. The first-order valence-electron chi connectivity index (χ1n) is 10.5. The molecule has 30 heavy (non-hydrogen) atoms. The number of benzene rings is 1. The molecular formula is C23H29N5OS. The van der Waals surface area contributed by atoms with Gasteiger partial charge in [0.1, 0.15) is 0 Å². The van der Waals surface area contributed by atoms with Crippen LogP contribution in [0, 0.1) is 26.7 Å². The first-order valence-corrected chi connectivity index (χ1v) is 11.3. The van der Waals surface area contributed by atoms with Crippen LogP contribution in [0.4, 0.5) is 5.13 Å². The van der Waals surface area contributed by atoms with Gasteiger partial charge in [-0.15, -0.1) is 11.3 Å². The molecule has 1 aliphatic rings. The Kier molecular flexibility index (Phi) is 6.01. The van der Waals surface area contributed by atoms with E-state index in [9.17, 15) is 4.79 Å². The lowest BCUT2D eigenvalue weighted by molar-refractivity contribution is -0.119. The summed E-state index contributed by atoms with van der Waals surface area (Å²) in [5, 5.41) is 8.30. The second-order valence-corrected chi connectivity index (χ2v) is 9.29. The minimum atomic E-state index is -0.182. The molecule has 1 N–H and O–H groups in total. The molecular weight excluding hydrogens is 394 g/mol. The zero-order chi connectivity index (χ0) is 21.3. The maximum atomic E-state index is 12.7. The van der Waals surface area contributed by atoms with Gasteiger partial charge in [0.25, 0.3) is 0 Å². The molecule has 0 spiro atoms. The molecule has 4 rings (SSSR count). The number of rotatable bonds is 6. The van der Waals surface area contributed by atoms with Crippen molar-refractivity contribution in [1.82, 2.24) is 19.7 Å². The average molecular weight is 424 g/mol. The summed E-state index contributed by atoms with van der Waals surface area (Å²) in [6.07, 6.45) is 0.926. The molecule has 3 aromatic rings. The summed E-state index contributed by atoms with van der Waals surface area (Å²) in [5.74, 6) is -0.189. The number of hydrogen-bond acceptors (Lipinski definition) is 5. The lowest BCUT2D eigenvalue weighted by Crippen LogP contribution is -2.29. The molecule has 0 saturated heterocycles. The molecule has 1 aliphatic heterocycles. The van der Waals surface area contributed by atoms with Crippen LogP contribution in [0.3, 0.4) is 0 Å². The van der Waals surface area contributed by atoms with Gasteiger partial charge < -0.3 is 5.32 Å². The van der Waals surface area contributed by atoms with Crippen LogP contribution in [0.15, 0.2) is 30.3 Å². The van der Waals surface area contributed by atoms with Crippen LogP contribution in [0.1, 0.15) is 40.0 Å². The van der Waals surface area contributed by atoms with Crippen LogP contribution in [0.25, 0.3) is 0 Å². The largest absolute Gasteiger partial charge is 0.302 e. The topological polar surface area (TPSA) is 63.1 Å². The average Bonchev–Trinajstić information content (AvgIpc) is 3.23. The summed E-state index contributed by atoms with van der Waals surface area (Å²) in [6.45, 7) is 11.5. The van der Waals surface area contributed by atoms with Crippen molar-refractivity contribution >= 4 is 22.4 Å². The van der Waals surface area contributed by atoms with Crippen molar-refractivity contribution in [3.05, 3.63) is 63.4 Å². The number of carbonyl (C=O) groups excluding carboxylic acids is 1. The van der Waals surface area contributed by atoms with E-state index in [4.69, 9.17) is 4.98 Å². The Labute approximate surface area is 181 Å². The lowest BCUT2D eigenvalue weighted by Gasteiger charge is -2.25. The van der Waals surface area contributed by atoms with Crippen molar-refractivity contribution in [3.63, 3.8) is 0 Å². The Balaban J connectivity index is 1.37. The fourth-order valence-corrected chi connectivity index (χ4v) is 4.87. The van der Waals surface area contributed by atoms with Crippen LogP contribution in [-0.2, 0) is 30.8 Å². The van der Waals surface area contributed by atoms with Gasteiger partial charge in [-0.25, -0.2) is 4.98 Å². The first kappa shape index (κ1) is 20.8. The quantitative estimate of drug-likeness (QED) is 0.648. The highest BCUT2D eigenvalue weighted by Gasteiger charge is 2.23. The van der Waals surface area contributed by atoms with Gasteiger partial charge in [-0.2, -0.15) is 5.10 Å². The van der Waals surface area contributed by atoms with E-state index in [0.717, 1.165) is 43.1 Å². The van der Waals surface area contributed by atoms with Crippen LogP contribution >= 0.6 is 11.3 Å². The van der Waals surface area contributed by atoms with Crippen LogP contribution in [0.5, 0.6) is 0 Å². The highest BCUT2D eigenvalue weighted by molar-refractivity contribution is 7.15. The maximum Gasteiger partial charge on any atom is 0.230 e. The number of nitrogens with one attached hydrogen (secondary N) is 1. The molecule has 0 saturated carbocycles. The summed E-state index contributed by atoms with van der Waals surface area (Å²) in [6, 6.07) is 10.5. The Morgan fingerprint density at radius 3 is 2.70 bits per heavy atom. The van der Waals surface area contributed by atoms with E-state index in [0.29, 0.717) is 11.7 Å².